The van der Waals surface area contributed by atoms with Gasteiger partial charge in [-0.15, -0.1) is 0 Å². The molecular weight excluding hydrogens is 242 g/mol. The van der Waals surface area contributed by atoms with Crippen molar-refractivity contribution in [3.8, 4) is 0 Å². The summed E-state index contributed by atoms with van der Waals surface area (Å²) in [5, 5.41) is 0. The van der Waals surface area contributed by atoms with Gasteiger partial charge in [0.25, 0.3) is 0 Å². The predicted octanol–water partition coefficient (Wildman–Crippen LogP) is 4.13. The summed E-state index contributed by atoms with van der Waals surface area (Å²) >= 11 is 0. The molecule has 0 radical (unpaired) electrons. The van der Waals surface area contributed by atoms with E-state index in [1.54, 1.807) is 4.32 Å². The Hall–Kier alpha value is 0.880. The second-order valence-electron chi connectivity index (χ2n) is 3.00. The third-order valence-corrected chi connectivity index (χ3v) is 7.92. The molecule has 92 valence electrons. The van der Waals surface area contributed by atoms with Crippen LogP contribution in [0.1, 0.15) is 34.6 Å². The first-order chi connectivity index (χ1) is 7.24. The lowest BCUT2D eigenvalue weighted by atomic mass is 10.6. The normalized spacial score (nSPS) is 11.4. The van der Waals surface area contributed by atoms with E-state index in [0.717, 1.165) is 13.1 Å². The third kappa shape index (κ3) is 5.66. The Morgan fingerprint density at radius 3 is 1.87 bits per heavy atom. The lowest BCUT2D eigenvalue weighted by Gasteiger charge is -2.24. The summed E-state index contributed by atoms with van der Waals surface area (Å²) < 4.78 is 1.62. The topological polar surface area (TPSA) is 3.24 Å². The highest BCUT2D eigenvalue weighted by Gasteiger charge is 2.11. The summed E-state index contributed by atoms with van der Waals surface area (Å²) in [6, 6.07) is 0. The molecule has 0 aromatic carbocycles. The second kappa shape index (κ2) is 10.1. The molecule has 0 bridgehead atoms. The molecule has 0 atom stereocenters. The highest BCUT2D eigenvalue weighted by atomic mass is 33.1. The molecule has 0 aliphatic carbocycles. The molecular formula is C11H25NS3. The molecule has 0 saturated heterocycles. The van der Waals surface area contributed by atoms with Gasteiger partial charge in [0.05, 0.1) is 4.32 Å². The SMILES string of the molecule is CCSSC(N(CC)CC)=S(CC)CC. The maximum Gasteiger partial charge on any atom is 0.0866 e. The molecule has 0 aromatic heterocycles. The van der Waals surface area contributed by atoms with Crippen LogP contribution in [0.25, 0.3) is 0 Å². The lowest BCUT2D eigenvalue weighted by molar-refractivity contribution is 0.482. The van der Waals surface area contributed by atoms with Gasteiger partial charge in [-0.1, -0.05) is 45.4 Å². The zero-order chi connectivity index (χ0) is 11.7. The van der Waals surface area contributed by atoms with Gasteiger partial charge in [-0.05, 0) is 22.3 Å². The van der Waals surface area contributed by atoms with E-state index in [0.29, 0.717) is 10.5 Å². The fourth-order valence-corrected chi connectivity index (χ4v) is 6.80. The Morgan fingerprint density at radius 1 is 1.00 bits per heavy atom. The van der Waals surface area contributed by atoms with E-state index >= 15 is 0 Å². The van der Waals surface area contributed by atoms with Crippen molar-refractivity contribution in [3.63, 3.8) is 0 Å². The first-order valence-electron chi connectivity index (χ1n) is 5.83. The number of hydrogen-bond donors (Lipinski definition) is 0. The third-order valence-electron chi connectivity index (χ3n) is 2.21. The van der Waals surface area contributed by atoms with Gasteiger partial charge >= 0.3 is 0 Å². The summed E-state index contributed by atoms with van der Waals surface area (Å²) in [5.41, 5.74) is 0. The maximum absolute atomic E-state index is 2.53. The molecule has 15 heavy (non-hydrogen) atoms. The van der Waals surface area contributed by atoms with Crippen LogP contribution in [0.2, 0.25) is 0 Å². The fourth-order valence-electron chi connectivity index (χ4n) is 1.33. The Morgan fingerprint density at radius 2 is 1.53 bits per heavy atom. The fraction of sp³-hybridized carbons (Fsp3) is 0.909. The van der Waals surface area contributed by atoms with Gasteiger partial charge in [-0.2, -0.15) is 10.5 Å². The molecule has 1 nitrogen and oxygen atoms in total. The molecule has 4 heteroatoms. The molecule has 0 aliphatic rings. The van der Waals surface area contributed by atoms with Crippen LogP contribution in [-0.4, -0.2) is 39.6 Å². The standard InChI is InChI=1S/C11H25NS3/c1-6-12(7-2)11(14-13-8-3)15(9-4)10-5/h6-10H2,1-5H3. The van der Waals surface area contributed by atoms with E-state index < -0.39 is 0 Å². The van der Waals surface area contributed by atoms with Gasteiger partial charge in [0.2, 0.25) is 0 Å². The summed E-state index contributed by atoms with van der Waals surface area (Å²) in [6.45, 7) is 13.7. The van der Waals surface area contributed by atoms with Crippen LogP contribution in [0, 0.1) is 0 Å². The molecule has 0 aromatic rings. The Balaban J connectivity index is 4.74. The van der Waals surface area contributed by atoms with E-state index in [1.807, 2.05) is 21.6 Å². The second-order valence-corrected chi connectivity index (χ2v) is 8.36. The largest absolute Gasteiger partial charge is 0.265 e. The number of hydrogen-bond acceptors (Lipinski definition) is 2. The minimum atomic E-state index is 0.477. The van der Waals surface area contributed by atoms with Crippen LogP contribution in [0.5, 0.6) is 0 Å². The van der Waals surface area contributed by atoms with Crippen LogP contribution in [0.15, 0.2) is 0 Å². The van der Waals surface area contributed by atoms with Crippen molar-refractivity contribution in [3.05, 3.63) is 0 Å². The van der Waals surface area contributed by atoms with Crippen molar-refractivity contribution in [2.75, 3.05) is 30.3 Å². The van der Waals surface area contributed by atoms with Crippen molar-refractivity contribution in [2.24, 2.45) is 0 Å². The summed E-state index contributed by atoms with van der Waals surface area (Å²) in [4.78, 5) is 2.53. The van der Waals surface area contributed by atoms with Crippen LogP contribution < -0.4 is 0 Å². The van der Waals surface area contributed by atoms with Gasteiger partial charge in [0, 0.05) is 18.8 Å². The summed E-state index contributed by atoms with van der Waals surface area (Å²) in [7, 11) is 4.46. The molecule has 0 heterocycles. The van der Waals surface area contributed by atoms with Crippen molar-refractivity contribution >= 4 is 36.4 Å². The Bertz CT molecular complexity index is 182. The zero-order valence-electron chi connectivity index (χ0n) is 10.7. The molecule has 0 saturated carbocycles. The Labute approximate surface area is 106 Å². The van der Waals surface area contributed by atoms with Gasteiger partial charge in [0.1, 0.15) is 0 Å². The van der Waals surface area contributed by atoms with E-state index in [1.165, 1.54) is 17.3 Å². The number of nitrogens with zero attached hydrogens (tertiary/aromatic N) is 1. The van der Waals surface area contributed by atoms with Crippen LogP contribution >= 0.6 is 32.1 Å². The Kier molecular flexibility index (Phi) is 10.7. The quantitative estimate of drug-likeness (QED) is 0.526. The first kappa shape index (κ1) is 15.9. The van der Waals surface area contributed by atoms with Gasteiger partial charge < -0.3 is 0 Å². The van der Waals surface area contributed by atoms with Gasteiger partial charge in [-0.25, -0.2) is 0 Å². The minimum absolute atomic E-state index is 0.477. The molecule has 0 amide bonds. The van der Waals surface area contributed by atoms with E-state index in [4.69, 9.17) is 0 Å². The van der Waals surface area contributed by atoms with Crippen LogP contribution in [0.3, 0.4) is 0 Å². The monoisotopic (exact) mass is 267 g/mol. The van der Waals surface area contributed by atoms with E-state index in [2.05, 4.69) is 39.5 Å². The first-order valence-corrected chi connectivity index (χ1v) is 9.71. The molecule has 0 aliphatic heterocycles. The van der Waals surface area contributed by atoms with Crippen molar-refractivity contribution in [1.29, 1.82) is 0 Å². The van der Waals surface area contributed by atoms with Gasteiger partial charge in [-0.3, -0.25) is 4.90 Å². The maximum atomic E-state index is 2.53. The average molecular weight is 268 g/mol. The molecule has 0 fully saturated rings. The summed E-state index contributed by atoms with van der Waals surface area (Å²) in [6.07, 6.45) is 0. The molecule has 0 spiro atoms. The van der Waals surface area contributed by atoms with Crippen molar-refractivity contribution in [1.82, 2.24) is 4.90 Å². The lowest BCUT2D eigenvalue weighted by Crippen LogP contribution is -2.28. The van der Waals surface area contributed by atoms with Crippen molar-refractivity contribution < 1.29 is 0 Å². The number of rotatable bonds is 6. The highest BCUT2D eigenvalue weighted by Crippen LogP contribution is 2.31. The van der Waals surface area contributed by atoms with E-state index in [-0.39, 0.29) is 0 Å². The molecule has 0 unspecified atom stereocenters. The minimum Gasteiger partial charge on any atom is -0.265 e. The average Bonchev–Trinajstić information content (AvgIpc) is 2.28. The van der Waals surface area contributed by atoms with Crippen LogP contribution in [-0.2, 0) is 0 Å². The van der Waals surface area contributed by atoms with Crippen molar-refractivity contribution in [2.45, 2.75) is 34.6 Å². The molecule has 0 N–H and O–H groups in total. The van der Waals surface area contributed by atoms with E-state index in [9.17, 15) is 0 Å². The molecule has 0 rings (SSSR count). The predicted molar refractivity (Wildman–Crippen MR) is 82.3 cm³/mol. The highest BCUT2D eigenvalue weighted by molar-refractivity contribution is 8.84. The zero-order valence-corrected chi connectivity index (χ0v) is 13.2. The van der Waals surface area contributed by atoms with Crippen LogP contribution in [0.4, 0.5) is 0 Å². The van der Waals surface area contributed by atoms with Gasteiger partial charge in [0.15, 0.2) is 0 Å². The smallest absolute Gasteiger partial charge is 0.0866 e. The summed E-state index contributed by atoms with van der Waals surface area (Å²) in [5.74, 6) is 3.78.